The lowest BCUT2D eigenvalue weighted by molar-refractivity contribution is -0.125. The maximum atomic E-state index is 11.4. The van der Waals surface area contributed by atoms with E-state index in [1.54, 1.807) is 14.2 Å². The predicted octanol–water partition coefficient (Wildman–Crippen LogP) is 2.01. The highest BCUT2D eigenvalue weighted by atomic mass is 16.5. The van der Waals surface area contributed by atoms with Crippen LogP contribution in [-0.2, 0) is 14.3 Å². The van der Waals surface area contributed by atoms with Crippen molar-refractivity contribution in [3.05, 3.63) is 0 Å². The molecule has 0 unspecified atom stereocenters. The molecule has 0 atom stereocenters. The van der Waals surface area contributed by atoms with Crippen molar-refractivity contribution in [3.63, 3.8) is 0 Å². The molecule has 0 aromatic heterocycles. The Morgan fingerprint density at radius 1 is 0.850 bits per heavy atom. The fraction of sp³-hybridized carbons (Fsp3) is 0.867. The summed E-state index contributed by atoms with van der Waals surface area (Å²) in [6, 6.07) is 0. The lowest BCUT2D eigenvalue weighted by Gasteiger charge is -2.04. The van der Waals surface area contributed by atoms with Crippen LogP contribution in [0.5, 0.6) is 0 Å². The second kappa shape index (κ2) is 14.3. The van der Waals surface area contributed by atoms with Gasteiger partial charge in [-0.3, -0.25) is 9.59 Å². The largest absolute Gasteiger partial charge is 0.385 e. The zero-order valence-electron chi connectivity index (χ0n) is 13.0. The lowest BCUT2D eigenvalue weighted by Crippen LogP contribution is -2.34. The SMILES string of the molecule is CNC(=O)CNC(=O)CCCCCCCCCCOC. The standard InChI is InChI=1S/C15H30N2O3/c1-16-15(19)13-17-14(18)11-9-7-5-3-4-6-8-10-12-20-2/h3-13H2,1-2H3,(H,16,19)(H,17,18). The van der Waals surface area contributed by atoms with Gasteiger partial charge >= 0.3 is 0 Å². The van der Waals surface area contributed by atoms with Crippen molar-refractivity contribution in [2.45, 2.75) is 57.8 Å². The topological polar surface area (TPSA) is 67.4 Å². The highest BCUT2D eigenvalue weighted by Gasteiger charge is 2.03. The van der Waals surface area contributed by atoms with Gasteiger partial charge in [-0.05, 0) is 12.8 Å². The molecule has 5 nitrogen and oxygen atoms in total. The van der Waals surface area contributed by atoms with Crippen LogP contribution in [0.25, 0.3) is 0 Å². The van der Waals surface area contributed by atoms with Crippen molar-refractivity contribution in [2.75, 3.05) is 27.3 Å². The molecular weight excluding hydrogens is 256 g/mol. The van der Waals surface area contributed by atoms with E-state index in [1.807, 2.05) is 0 Å². The summed E-state index contributed by atoms with van der Waals surface area (Å²) in [5.41, 5.74) is 0. The van der Waals surface area contributed by atoms with Crippen LogP contribution in [-0.4, -0.2) is 39.1 Å². The van der Waals surface area contributed by atoms with Gasteiger partial charge in [0.2, 0.25) is 11.8 Å². The average Bonchev–Trinajstić information content (AvgIpc) is 2.46. The molecule has 0 aliphatic carbocycles. The van der Waals surface area contributed by atoms with Crippen LogP contribution in [0.15, 0.2) is 0 Å². The zero-order chi connectivity index (χ0) is 15.1. The number of nitrogens with one attached hydrogen (secondary N) is 2. The Balaban J connectivity index is 3.19. The van der Waals surface area contributed by atoms with Crippen molar-refractivity contribution in [1.82, 2.24) is 10.6 Å². The van der Waals surface area contributed by atoms with Gasteiger partial charge in [-0.15, -0.1) is 0 Å². The number of methoxy groups -OCH3 is 1. The van der Waals surface area contributed by atoms with Crippen LogP contribution in [0.4, 0.5) is 0 Å². The summed E-state index contributed by atoms with van der Waals surface area (Å²) in [4.78, 5) is 22.3. The quantitative estimate of drug-likeness (QED) is 0.509. The van der Waals surface area contributed by atoms with Gasteiger partial charge in [-0.25, -0.2) is 0 Å². The second-order valence-electron chi connectivity index (χ2n) is 5.02. The van der Waals surface area contributed by atoms with E-state index < -0.39 is 0 Å². The van der Waals surface area contributed by atoms with E-state index in [1.165, 1.54) is 32.1 Å². The lowest BCUT2D eigenvalue weighted by atomic mass is 10.1. The highest BCUT2D eigenvalue weighted by Crippen LogP contribution is 2.09. The summed E-state index contributed by atoms with van der Waals surface area (Å²) in [6.45, 7) is 0.946. The van der Waals surface area contributed by atoms with Gasteiger partial charge in [0, 0.05) is 27.2 Å². The number of ether oxygens (including phenoxy) is 1. The van der Waals surface area contributed by atoms with E-state index in [0.29, 0.717) is 6.42 Å². The fourth-order valence-corrected chi connectivity index (χ4v) is 1.95. The first-order valence-electron chi connectivity index (χ1n) is 7.67. The molecule has 5 heteroatoms. The normalized spacial score (nSPS) is 10.3. The molecule has 118 valence electrons. The molecule has 0 saturated carbocycles. The van der Waals surface area contributed by atoms with Crippen molar-refractivity contribution in [3.8, 4) is 0 Å². The van der Waals surface area contributed by atoms with Crippen LogP contribution in [0.2, 0.25) is 0 Å². The average molecular weight is 286 g/mol. The van der Waals surface area contributed by atoms with Gasteiger partial charge in [0.1, 0.15) is 0 Å². The summed E-state index contributed by atoms with van der Waals surface area (Å²) in [7, 11) is 3.30. The Morgan fingerprint density at radius 2 is 1.40 bits per heavy atom. The van der Waals surface area contributed by atoms with Gasteiger partial charge in [0.05, 0.1) is 6.54 Å². The first-order valence-corrected chi connectivity index (χ1v) is 7.67. The van der Waals surface area contributed by atoms with Gasteiger partial charge < -0.3 is 15.4 Å². The number of carbonyl (C=O) groups excluding carboxylic acids is 2. The van der Waals surface area contributed by atoms with E-state index in [-0.39, 0.29) is 18.4 Å². The molecule has 0 aromatic carbocycles. The number of likely N-dealkylation sites (N-methyl/N-ethyl adjacent to an activating group) is 1. The molecule has 0 fully saturated rings. The molecule has 0 heterocycles. The minimum Gasteiger partial charge on any atom is -0.385 e. The van der Waals surface area contributed by atoms with E-state index in [2.05, 4.69) is 10.6 Å². The van der Waals surface area contributed by atoms with Crippen molar-refractivity contribution in [2.24, 2.45) is 0 Å². The number of unbranched alkanes of at least 4 members (excludes halogenated alkanes) is 7. The monoisotopic (exact) mass is 286 g/mol. The minimum absolute atomic E-state index is 0.0341. The maximum Gasteiger partial charge on any atom is 0.239 e. The summed E-state index contributed by atoms with van der Waals surface area (Å²) in [5, 5.41) is 5.07. The van der Waals surface area contributed by atoms with Crippen molar-refractivity contribution in [1.29, 1.82) is 0 Å². The van der Waals surface area contributed by atoms with Crippen LogP contribution in [0.1, 0.15) is 57.8 Å². The molecule has 20 heavy (non-hydrogen) atoms. The molecule has 0 aliphatic heterocycles. The molecule has 0 radical (unpaired) electrons. The van der Waals surface area contributed by atoms with Gasteiger partial charge in [0.15, 0.2) is 0 Å². The number of rotatable bonds is 13. The second-order valence-corrected chi connectivity index (χ2v) is 5.02. The van der Waals surface area contributed by atoms with E-state index in [0.717, 1.165) is 25.9 Å². The number of carbonyl (C=O) groups is 2. The van der Waals surface area contributed by atoms with E-state index in [4.69, 9.17) is 4.74 Å². The van der Waals surface area contributed by atoms with Crippen molar-refractivity contribution >= 4 is 11.8 Å². The van der Waals surface area contributed by atoms with E-state index >= 15 is 0 Å². The van der Waals surface area contributed by atoms with Crippen LogP contribution >= 0.6 is 0 Å². The molecule has 0 aliphatic rings. The molecule has 2 amide bonds. The van der Waals surface area contributed by atoms with Gasteiger partial charge in [-0.2, -0.15) is 0 Å². The van der Waals surface area contributed by atoms with Crippen LogP contribution < -0.4 is 10.6 Å². The third-order valence-electron chi connectivity index (χ3n) is 3.23. The Morgan fingerprint density at radius 3 is 1.95 bits per heavy atom. The first kappa shape index (κ1) is 18.9. The summed E-state index contributed by atoms with van der Waals surface area (Å²) < 4.78 is 5.00. The number of amides is 2. The Bertz CT molecular complexity index is 258. The van der Waals surface area contributed by atoms with Crippen LogP contribution in [0.3, 0.4) is 0 Å². The third kappa shape index (κ3) is 13.3. The Hall–Kier alpha value is -1.10. The number of hydrogen-bond donors (Lipinski definition) is 2. The Labute approximate surface area is 122 Å². The zero-order valence-corrected chi connectivity index (χ0v) is 13.0. The molecule has 0 aromatic rings. The fourth-order valence-electron chi connectivity index (χ4n) is 1.95. The molecule has 2 N–H and O–H groups in total. The van der Waals surface area contributed by atoms with Gasteiger partial charge in [0.25, 0.3) is 0 Å². The predicted molar refractivity (Wildman–Crippen MR) is 80.5 cm³/mol. The van der Waals surface area contributed by atoms with Crippen molar-refractivity contribution < 1.29 is 14.3 Å². The molecule has 0 bridgehead atoms. The summed E-state index contributed by atoms with van der Waals surface area (Å²) in [6.07, 6.45) is 9.89. The maximum absolute atomic E-state index is 11.4. The Kier molecular flexibility index (Phi) is 13.5. The molecular formula is C15H30N2O3. The van der Waals surface area contributed by atoms with Crippen LogP contribution in [0, 0.1) is 0 Å². The minimum atomic E-state index is -0.160. The molecule has 0 spiro atoms. The van der Waals surface area contributed by atoms with Gasteiger partial charge in [-0.1, -0.05) is 38.5 Å². The third-order valence-corrected chi connectivity index (χ3v) is 3.23. The molecule has 0 saturated heterocycles. The smallest absolute Gasteiger partial charge is 0.239 e. The summed E-state index contributed by atoms with van der Waals surface area (Å²) in [5.74, 6) is -0.194. The van der Waals surface area contributed by atoms with E-state index in [9.17, 15) is 9.59 Å². The number of hydrogen-bond acceptors (Lipinski definition) is 3. The molecule has 0 rings (SSSR count). The first-order chi connectivity index (χ1) is 9.70. The summed E-state index contributed by atoms with van der Waals surface area (Å²) >= 11 is 0. The highest BCUT2D eigenvalue weighted by molar-refractivity contribution is 5.84.